The van der Waals surface area contributed by atoms with Crippen molar-refractivity contribution in [2.75, 3.05) is 17.7 Å². The molecular formula is C23H22N4O3S2. The number of nitrogens with zero attached hydrogens (tertiary/aromatic N) is 1. The smallest absolute Gasteiger partial charge is 0.305 e. The third kappa shape index (κ3) is 6.47. The first-order chi connectivity index (χ1) is 15.5. The number of nitrogens with one attached hydrogen (secondary N) is 3. The fourth-order valence-corrected chi connectivity index (χ4v) is 4.40. The molecule has 2 aromatic carbocycles. The molecule has 0 radical (unpaired) electrons. The second kappa shape index (κ2) is 11.2. The maximum atomic E-state index is 12.2. The summed E-state index contributed by atoms with van der Waals surface area (Å²) in [5.41, 5.74) is 4.11. The van der Waals surface area contributed by atoms with E-state index in [9.17, 15) is 14.4 Å². The summed E-state index contributed by atoms with van der Waals surface area (Å²) in [5.74, 6) is -0.122. The summed E-state index contributed by atoms with van der Waals surface area (Å²) in [6.07, 6.45) is 1.11. The SMILES string of the molecule is CNc1cccc(CC(=O)Nc2nc(-c3sc(=O)[nH]c3C)cs2)c1.O=Cc1ccccc1. The molecule has 0 aliphatic carbocycles. The standard InChI is InChI=1S/C16H16N4O2S2.C7H6O/c1-9-14(24-16(22)18-9)12-8-23-15(19-12)20-13(21)7-10-4-3-5-11(6-10)17-2;8-6-7-4-2-1-3-5-7/h3-6,8,17H,7H2,1-2H3,(H,18,22)(H,19,20,21);1-6H. The van der Waals surface area contributed by atoms with Crippen LogP contribution in [0.15, 0.2) is 64.8 Å². The molecule has 0 unspecified atom stereocenters. The Morgan fingerprint density at radius 1 is 1.16 bits per heavy atom. The van der Waals surface area contributed by atoms with Gasteiger partial charge in [-0.25, -0.2) is 4.98 Å². The van der Waals surface area contributed by atoms with Crippen LogP contribution in [0.1, 0.15) is 21.6 Å². The minimum Gasteiger partial charge on any atom is -0.388 e. The van der Waals surface area contributed by atoms with E-state index in [1.807, 2.05) is 61.8 Å². The number of anilines is 2. The molecule has 0 aliphatic heterocycles. The van der Waals surface area contributed by atoms with Gasteiger partial charge in [0.2, 0.25) is 5.91 Å². The minimum atomic E-state index is -0.122. The van der Waals surface area contributed by atoms with Gasteiger partial charge in [-0.3, -0.25) is 14.4 Å². The minimum absolute atomic E-state index is 0.106. The number of carbonyl (C=O) groups excluding carboxylic acids is 2. The van der Waals surface area contributed by atoms with Crippen LogP contribution in [0.3, 0.4) is 0 Å². The molecule has 9 heteroatoms. The highest BCUT2D eigenvalue weighted by Gasteiger charge is 2.13. The van der Waals surface area contributed by atoms with E-state index in [1.165, 1.54) is 11.3 Å². The quantitative estimate of drug-likeness (QED) is 0.361. The summed E-state index contributed by atoms with van der Waals surface area (Å²) in [6.45, 7) is 1.83. The van der Waals surface area contributed by atoms with Gasteiger partial charge < -0.3 is 15.6 Å². The Balaban J connectivity index is 0.000000305. The summed E-state index contributed by atoms with van der Waals surface area (Å²) in [4.78, 5) is 41.4. The maximum Gasteiger partial charge on any atom is 0.305 e. The lowest BCUT2D eigenvalue weighted by atomic mass is 10.1. The Hall–Kier alpha value is -3.56. The van der Waals surface area contributed by atoms with E-state index < -0.39 is 0 Å². The molecular weight excluding hydrogens is 444 g/mol. The van der Waals surface area contributed by atoms with Crippen LogP contribution in [-0.2, 0) is 11.2 Å². The molecule has 164 valence electrons. The van der Waals surface area contributed by atoms with E-state index >= 15 is 0 Å². The number of aryl methyl sites for hydroxylation is 1. The third-order valence-electron chi connectivity index (χ3n) is 4.32. The van der Waals surface area contributed by atoms with Gasteiger partial charge >= 0.3 is 4.87 Å². The fraction of sp³-hybridized carbons (Fsp3) is 0.130. The molecule has 4 rings (SSSR count). The van der Waals surface area contributed by atoms with Crippen LogP contribution < -0.4 is 15.5 Å². The van der Waals surface area contributed by atoms with Crippen molar-refractivity contribution in [2.45, 2.75) is 13.3 Å². The average molecular weight is 467 g/mol. The highest BCUT2D eigenvalue weighted by Crippen LogP contribution is 2.28. The van der Waals surface area contributed by atoms with E-state index in [4.69, 9.17) is 0 Å². The van der Waals surface area contributed by atoms with Gasteiger partial charge in [0.15, 0.2) is 5.13 Å². The van der Waals surface area contributed by atoms with E-state index in [2.05, 4.69) is 20.6 Å². The zero-order valence-electron chi connectivity index (χ0n) is 17.5. The number of H-pyrrole nitrogens is 1. The number of amides is 1. The number of aromatic amines is 1. The van der Waals surface area contributed by atoms with E-state index in [-0.39, 0.29) is 17.2 Å². The molecule has 3 N–H and O–H groups in total. The highest BCUT2D eigenvalue weighted by molar-refractivity contribution is 7.15. The van der Waals surface area contributed by atoms with Crippen molar-refractivity contribution in [3.05, 3.63) is 86.5 Å². The zero-order valence-corrected chi connectivity index (χ0v) is 19.2. The first-order valence-electron chi connectivity index (χ1n) is 9.71. The molecule has 4 aromatic rings. The first-order valence-corrected chi connectivity index (χ1v) is 11.4. The largest absolute Gasteiger partial charge is 0.388 e. The van der Waals surface area contributed by atoms with Crippen LogP contribution in [0.2, 0.25) is 0 Å². The van der Waals surface area contributed by atoms with Crippen molar-refractivity contribution in [3.8, 4) is 10.6 Å². The number of thiazole rings is 2. The van der Waals surface area contributed by atoms with Gasteiger partial charge in [-0.1, -0.05) is 53.8 Å². The second-order valence-corrected chi connectivity index (χ2v) is 8.55. The highest BCUT2D eigenvalue weighted by atomic mass is 32.1. The van der Waals surface area contributed by atoms with Crippen molar-refractivity contribution in [1.82, 2.24) is 9.97 Å². The normalized spacial score (nSPS) is 10.1. The van der Waals surface area contributed by atoms with Crippen LogP contribution in [0.25, 0.3) is 10.6 Å². The van der Waals surface area contributed by atoms with Crippen LogP contribution in [0.5, 0.6) is 0 Å². The Morgan fingerprint density at radius 3 is 2.56 bits per heavy atom. The molecule has 0 spiro atoms. The lowest BCUT2D eigenvalue weighted by Gasteiger charge is -2.04. The number of rotatable bonds is 6. The van der Waals surface area contributed by atoms with Gasteiger partial charge in [0.1, 0.15) is 6.29 Å². The molecule has 1 amide bonds. The fourth-order valence-electron chi connectivity index (χ4n) is 2.80. The predicted molar refractivity (Wildman–Crippen MR) is 131 cm³/mol. The summed E-state index contributed by atoms with van der Waals surface area (Å²) in [5, 5.41) is 8.22. The Kier molecular flexibility index (Phi) is 8.07. The summed E-state index contributed by atoms with van der Waals surface area (Å²) in [7, 11) is 1.84. The zero-order chi connectivity index (χ0) is 22.9. The second-order valence-electron chi connectivity index (χ2n) is 6.71. The van der Waals surface area contributed by atoms with Gasteiger partial charge in [-0.15, -0.1) is 11.3 Å². The molecule has 2 aromatic heterocycles. The number of benzene rings is 2. The Bertz CT molecular complexity index is 1250. The van der Waals surface area contributed by atoms with Crippen LogP contribution in [-0.4, -0.2) is 29.2 Å². The number of carbonyl (C=O) groups is 2. The Morgan fingerprint density at radius 2 is 1.94 bits per heavy atom. The van der Waals surface area contributed by atoms with Crippen molar-refractivity contribution < 1.29 is 9.59 Å². The van der Waals surface area contributed by atoms with Gasteiger partial charge in [-0.2, -0.15) is 0 Å². The predicted octanol–water partition coefficient (Wildman–Crippen LogP) is 4.59. The Labute approximate surface area is 193 Å². The van der Waals surface area contributed by atoms with Crippen molar-refractivity contribution in [3.63, 3.8) is 0 Å². The monoisotopic (exact) mass is 466 g/mol. The summed E-state index contributed by atoms with van der Waals surface area (Å²) in [6, 6.07) is 16.8. The molecule has 0 aliphatic rings. The lowest BCUT2D eigenvalue weighted by Crippen LogP contribution is -2.14. The van der Waals surface area contributed by atoms with Gasteiger partial charge in [0.25, 0.3) is 0 Å². The molecule has 0 saturated carbocycles. The molecule has 2 heterocycles. The molecule has 0 fully saturated rings. The third-order valence-corrected chi connectivity index (χ3v) is 6.09. The maximum absolute atomic E-state index is 12.2. The van der Waals surface area contributed by atoms with Crippen LogP contribution >= 0.6 is 22.7 Å². The average Bonchev–Trinajstić information content (AvgIpc) is 3.39. The van der Waals surface area contributed by atoms with Crippen molar-refractivity contribution >= 4 is 45.7 Å². The number of hydrogen-bond acceptors (Lipinski definition) is 7. The van der Waals surface area contributed by atoms with Crippen molar-refractivity contribution in [1.29, 1.82) is 0 Å². The van der Waals surface area contributed by atoms with E-state index in [0.29, 0.717) is 10.8 Å². The number of aldehydes is 1. The molecule has 0 saturated heterocycles. The number of hydrogen-bond donors (Lipinski definition) is 3. The summed E-state index contributed by atoms with van der Waals surface area (Å²) >= 11 is 2.46. The molecule has 7 nitrogen and oxygen atoms in total. The van der Waals surface area contributed by atoms with Crippen LogP contribution in [0.4, 0.5) is 10.8 Å². The van der Waals surface area contributed by atoms with Gasteiger partial charge in [-0.05, 0) is 24.6 Å². The summed E-state index contributed by atoms with van der Waals surface area (Å²) < 4.78 is 0. The van der Waals surface area contributed by atoms with E-state index in [0.717, 1.165) is 45.0 Å². The molecule has 0 bridgehead atoms. The van der Waals surface area contributed by atoms with Crippen molar-refractivity contribution in [2.24, 2.45) is 0 Å². The molecule has 32 heavy (non-hydrogen) atoms. The van der Waals surface area contributed by atoms with Crippen LogP contribution in [0, 0.1) is 6.92 Å². The molecule has 0 atom stereocenters. The van der Waals surface area contributed by atoms with Gasteiger partial charge in [0.05, 0.1) is 17.0 Å². The number of aromatic nitrogens is 2. The first kappa shape index (κ1) is 23.1. The van der Waals surface area contributed by atoms with Gasteiger partial charge in [0, 0.05) is 29.4 Å². The van der Waals surface area contributed by atoms with E-state index in [1.54, 1.807) is 12.1 Å². The lowest BCUT2D eigenvalue weighted by molar-refractivity contribution is -0.115. The topological polar surface area (TPSA) is 104 Å².